The van der Waals surface area contributed by atoms with Gasteiger partial charge in [0.15, 0.2) is 0 Å². The number of isocyanates is 1. The average Bonchev–Trinajstić information content (AvgIpc) is 2.57. The van der Waals surface area contributed by atoms with Crippen molar-refractivity contribution in [2.45, 2.75) is 6.92 Å². The molecule has 0 fully saturated rings. The Balaban J connectivity index is 2.85. The highest BCUT2D eigenvalue weighted by Crippen LogP contribution is 2.29. The molecule has 0 N–H and O–H groups in total. The van der Waals surface area contributed by atoms with Crippen molar-refractivity contribution < 1.29 is 9.53 Å². The molecule has 82 valence electrons. The predicted octanol–water partition coefficient (Wildman–Crippen LogP) is 1.25. The molecule has 6 nitrogen and oxygen atoms in total. The topological polar surface area (TPSA) is 69.4 Å². The van der Waals surface area contributed by atoms with Crippen molar-refractivity contribution >= 4 is 22.8 Å². The lowest BCUT2D eigenvalue weighted by Crippen LogP contribution is -1.97. The molecule has 0 aliphatic heterocycles. The lowest BCUT2D eigenvalue weighted by Gasteiger charge is -2.01. The fourth-order valence-electron chi connectivity index (χ4n) is 1.62. The number of rotatable bonds is 2. The van der Waals surface area contributed by atoms with Gasteiger partial charge in [0.2, 0.25) is 6.08 Å². The van der Waals surface area contributed by atoms with Crippen molar-refractivity contribution in [2.24, 2.45) is 12.0 Å². The van der Waals surface area contributed by atoms with E-state index in [1.807, 2.05) is 14.0 Å². The molecule has 0 aliphatic rings. The number of aromatic nitrogens is 3. The third-order valence-electron chi connectivity index (χ3n) is 2.31. The van der Waals surface area contributed by atoms with Crippen LogP contribution in [0, 0.1) is 6.92 Å². The first-order chi connectivity index (χ1) is 7.67. The Kier molecular flexibility index (Phi) is 2.42. The van der Waals surface area contributed by atoms with Crippen LogP contribution in [-0.2, 0) is 11.8 Å². The van der Waals surface area contributed by atoms with Gasteiger partial charge in [0, 0.05) is 13.2 Å². The maximum Gasteiger partial charge on any atom is 0.318 e. The number of aliphatic imine (C=N–C) groups is 1. The molecule has 2 aromatic heterocycles. The number of aryl methyl sites for hydroxylation is 2. The molecule has 0 spiro atoms. The third kappa shape index (κ3) is 1.45. The van der Waals surface area contributed by atoms with Crippen molar-refractivity contribution in [1.82, 2.24) is 14.5 Å². The quantitative estimate of drug-likeness (QED) is 0.562. The zero-order valence-corrected chi connectivity index (χ0v) is 9.18. The van der Waals surface area contributed by atoms with Gasteiger partial charge in [0.1, 0.15) is 11.3 Å². The lowest BCUT2D eigenvalue weighted by atomic mass is 10.3. The van der Waals surface area contributed by atoms with Crippen LogP contribution < -0.4 is 4.74 Å². The molecule has 2 aromatic rings. The van der Waals surface area contributed by atoms with E-state index in [9.17, 15) is 4.79 Å². The summed E-state index contributed by atoms with van der Waals surface area (Å²) in [5.41, 5.74) is 1.92. The minimum absolute atomic E-state index is 0.299. The maximum absolute atomic E-state index is 10.3. The largest absolute Gasteiger partial charge is 0.467 e. The average molecular weight is 218 g/mol. The standard InChI is InChI=1S/C10H10N4O2/c1-6-8-7(11-5-15)4-14(2)9(8)13-10(12-6)16-3/h4H,1-3H3. The first-order valence-corrected chi connectivity index (χ1v) is 4.63. The van der Waals surface area contributed by atoms with Crippen LogP contribution in [0.4, 0.5) is 5.69 Å². The Morgan fingerprint density at radius 2 is 2.25 bits per heavy atom. The van der Waals surface area contributed by atoms with E-state index in [0.29, 0.717) is 17.3 Å². The molecular formula is C10H10N4O2. The van der Waals surface area contributed by atoms with Gasteiger partial charge in [-0.15, -0.1) is 0 Å². The summed E-state index contributed by atoms with van der Waals surface area (Å²) >= 11 is 0. The Morgan fingerprint density at radius 3 is 2.88 bits per heavy atom. The number of carbonyl (C=O) groups excluding carboxylic acids is 1. The van der Waals surface area contributed by atoms with Crippen LogP contribution in [0.2, 0.25) is 0 Å². The van der Waals surface area contributed by atoms with E-state index in [1.54, 1.807) is 10.8 Å². The summed E-state index contributed by atoms with van der Waals surface area (Å²) in [6.45, 7) is 1.82. The SMILES string of the molecule is COc1nc(C)c2c(N=C=O)cn(C)c2n1. The third-order valence-corrected chi connectivity index (χ3v) is 2.31. The molecule has 2 rings (SSSR count). The lowest BCUT2D eigenvalue weighted by molar-refractivity contribution is 0.380. The van der Waals surface area contributed by atoms with Crippen LogP contribution in [0.3, 0.4) is 0 Å². The van der Waals surface area contributed by atoms with Gasteiger partial charge in [-0.25, -0.2) is 4.79 Å². The van der Waals surface area contributed by atoms with Crippen LogP contribution in [0.1, 0.15) is 5.69 Å². The summed E-state index contributed by atoms with van der Waals surface area (Å²) in [5, 5.41) is 0.742. The summed E-state index contributed by atoms with van der Waals surface area (Å²) < 4.78 is 6.75. The van der Waals surface area contributed by atoms with Crippen molar-refractivity contribution in [3.8, 4) is 6.01 Å². The summed E-state index contributed by atoms with van der Waals surface area (Å²) in [5.74, 6) is 0. The van der Waals surface area contributed by atoms with Crippen LogP contribution >= 0.6 is 0 Å². The van der Waals surface area contributed by atoms with E-state index in [0.717, 1.165) is 11.1 Å². The van der Waals surface area contributed by atoms with E-state index in [-0.39, 0.29) is 0 Å². The van der Waals surface area contributed by atoms with Gasteiger partial charge in [-0.1, -0.05) is 0 Å². The van der Waals surface area contributed by atoms with Gasteiger partial charge in [-0.2, -0.15) is 15.0 Å². The molecule has 0 bridgehead atoms. The number of ether oxygens (including phenoxy) is 1. The van der Waals surface area contributed by atoms with Crippen LogP contribution in [-0.4, -0.2) is 27.7 Å². The van der Waals surface area contributed by atoms with E-state index < -0.39 is 0 Å². The highest BCUT2D eigenvalue weighted by atomic mass is 16.5. The van der Waals surface area contributed by atoms with Crippen molar-refractivity contribution in [1.29, 1.82) is 0 Å². The Labute approximate surface area is 91.6 Å². The van der Waals surface area contributed by atoms with Gasteiger partial charge in [-0.3, -0.25) is 0 Å². The fraction of sp³-hybridized carbons (Fsp3) is 0.300. The second kappa shape index (κ2) is 3.75. The molecule has 0 atom stereocenters. The smallest absolute Gasteiger partial charge is 0.318 e. The molecule has 0 amide bonds. The van der Waals surface area contributed by atoms with Gasteiger partial charge in [0.05, 0.1) is 18.2 Å². The minimum Gasteiger partial charge on any atom is -0.467 e. The minimum atomic E-state index is 0.299. The van der Waals surface area contributed by atoms with Crippen LogP contribution in [0.15, 0.2) is 11.2 Å². The summed E-state index contributed by atoms with van der Waals surface area (Å²) in [4.78, 5) is 22.3. The first kappa shape index (κ1) is 10.3. The highest BCUT2D eigenvalue weighted by Gasteiger charge is 2.13. The molecule has 0 aromatic carbocycles. The first-order valence-electron chi connectivity index (χ1n) is 4.63. The normalized spacial score (nSPS) is 10.2. The molecule has 0 saturated carbocycles. The van der Waals surface area contributed by atoms with E-state index in [4.69, 9.17) is 4.74 Å². The molecule has 0 radical (unpaired) electrons. The van der Waals surface area contributed by atoms with Crippen molar-refractivity contribution in [3.05, 3.63) is 11.9 Å². The molecule has 0 aliphatic carbocycles. The van der Waals surface area contributed by atoms with Gasteiger partial charge < -0.3 is 9.30 Å². The van der Waals surface area contributed by atoms with Crippen LogP contribution in [0.25, 0.3) is 11.0 Å². The van der Waals surface area contributed by atoms with E-state index in [1.165, 1.54) is 13.2 Å². The van der Waals surface area contributed by atoms with Crippen molar-refractivity contribution in [2.75, 3.05) is 7.11 Å². The van der Waals surface area contributed by atoms with Crippen molar-refractivity contribution in [3.63, 3.8) is 0 Å². The number of hydrogen-bond acceptors (Lipinski definition) is 5. The number of hydrogen-bond donors (Lipinski definition) is 0. The van der Waals surface area contributed by atoms with E-state index >= 15 is 0 Å². The summed E-state index contributed by atoms with van der Waals surface area (Å²) in [6, 6.07) is 0.299. The molecule has 0 saturated heterocycles. The number of methoxy groups -OCH3 is 1. The van der Waals surface area contributed by atoms with E-state index in [2.05, 4.69) is 15.0 Å². The van der Waals surface area contributed by atoms with Crippen LogP contribution in [0.5, 0.6) is 6.01 Å². The zero-order valence-electron chi connectivity index (χ0n) is 9.18. The maximum atomic E-state index is 10.3. The monoisotopic (exact) mass is 218 g/mol. The molecule has 6 heteroatoms. The molecular weight excluding hydrogens is 208 g/mol. The highest BCUT2D eigenvalue weighted by molar-refractivity contribution is 5.91. The second-order valence-corrected chi connectivity index (χ2v) is 3.32. The number of fused-ring (bicyclic) bond motifs is 1. The summed E-state index contributed by atoms with van der Waals surface area (Å²) in [6.07, 6.45) is 3.23. The second-order valence-electron chi connectivity index (χ2n) is 3.32. The predicted molar refractivity (Wildman–Crippen MR) is 57.6 cm³/mol. The van der Waals surface area contributed by atoms with Gasteiger partial charge in [-0.05, 0) is 6.92 Å². The molecule has 2 heterocycles. The van der Waals surface area contributed by atoms with Gasteiger partial charge in [0.25, 0.3) is 0 Å². The summed E-state index contributed by atoms with van der Waals surface area (Å²) in [7, 11) is 3.33. The number of nitrogens with zero attached hydrogens (tertiary/aromatic N) is 4. The van der Waals surface area contributed by atoms with Gasteiger partial charge >= 0.3 is 6.01 Å². The zero-order chi connectivity index (χ0) is 11.7. The molecule has 16 heavy (non-hydrogen) atoms. The fourth-order valence-corrected chi connectivity index (χ4v) is 1.62. The Morgan fingerprint density at radius 1 is 1.50 bits per heavy atom. The Hall–Kier alpha value is -2.20. The molecule has 0 unspecified atom stereocenters. The Bertz CT molecular complexity index is 596.